The molecule has 1 atom stereocenters. The number of rotatable bonds is 2. The molecule has 1 heterocycles. The zero-order valence-electron chi connectivity index (χ0n) is 8.99. The summed E-state index contributed by atoms with van der Waals surface area (Å²) in [6.07, 6.45) is 1.47. The van der Waals surface area contributed by atoms with E-state index in [0.717, 1.165) is 17.7 Å². The van der Waals surface area contributed by atoms with Crippen LogP contribution < -0.4 is 5.73 Å². The van der Waals surface area contributed by atoms with Gasteiger partial charge in [-0.05, 0) is 43.5 Å². The van der Waals surface area contributed by atoms with E-state index in [1.165, 1.54) is 10.5 Å². The maximum atomic E-state index is 10.5. The molecule has 0 radical (unpaired) electrons. The second-order valence-corrected chi connectivity index (χ2v) is 5.31. The van der Waals surface area contributed by atoms with Crippen LogP contribution in [0.2, 0.25) is 0 Å². The first-order chi connectivity index (χ1) is 7.15. The largest absolute Gasteiger partial charge is 0.385 e. The maximum absolute atomic E-state index is 10.5. The van der Waals surface area contributed by atoms with Gasteiger partial charge in [0.2, 0.25) is 0 Å². The lowest BCUT2D eigenvalue weighted by Gasteiger charge is -2.34. The summed E-state index contributed by atoms with van der Waals surface area (Å²) in [4.78, 5) is 1.22. The number of thioether (sulfide) groups is 1. The van der Waals surface area contributed by atoms with Gasteiger partial charge in [0.15, 0.2) is 0 Å². The van der Waals surface area contributed by atoms with Crippen LogP contribution in [0.3, 0.4) is 0 Å². The van der Waals surface area contributed by atoms with Crippen LogP contribution in [0, 0.1) is 6.92 Å². The standard InChI is InChI=1S/C12H17NOS/c1-9-2-3-10-11(8-9)15-7-5-12(10,14)4-6-13/h2-3,8,14H,4-7,13H2,1H3. The van der Waals surface area contributed by atoms with Crippen molar-refractivity contribution in [2.45, 2.75) is 30.3 Å². The zero-order valence-corrected chi connectivity index (χ0v) is 9.81. The molecular formula is C12H17NOS. The molecule has 0 saturated heterocycles. The molecule has 0 aliphatic carbocycles. The van der Waals surface area contributed by atoms with Crippen LogP contribution in [0.15, 0.2) is 23.1 Å². The molecule has 0 bridgehead atoms. The minimum absolute atomic E-state index is 0.536. The summed E-state index contributed by atoms with van der Waals surface area (Å²) < 4.78 is 0. The predicted octanol–water partition coefficient (Wildman–Crippen LogP) is 2.03. The van der Waals surface area contributed by atoms with Crippen molar-refractivity contribution in [1.29, 1.82) is 0 Å². The van der Waals surface area contributed by atoms with E-state index in [0.29, 0.717) is 13.0 Å². The number of nitrogens with two attached hydrogens (primary N) is 1. The lowest BCUT2D eigenvalue weighted by molar-refractivity contribution is 0.0227. The van der Waals surface area contributed by atoms with Crippen molar-refractivity contribution < 1.29 is 5.11 Å². The van der Waals surface area contributed by atoms with E-state index in [9.17, 15) is 5.11 Å². The molecule has 1 aliphatic heterocycles. The summed E-state index contributed by atoms with van der Waals surface area (Å²) in [5.41, 5.74) is 7.19. The van der Waals surface area contributed by atoms with E-state index in [-0.39, 0.29) is 0 Å². The van der Waals surface area contributed by atoms with Gasteiger partial charge in [-0.3, -0.25) is 0 Å². The average Bonchev–Trinajstić information content (AvgIpc) is 2.17. The quantitative estimate of drug-likeness (QED) is 0.806. The Hall–Kier alpha value is -0.510. The summed E-state index contributed by atoms with van der Waals surface area (Å²) in [6, 6.07) is 6.26. The van der Waals surface area contributed by atoms with Crippen molar-refractivity contribution in [3.63, 3.8) is 0 Å². The first-order valence-electron chi connectivity index (χ1n) is 5.32. The maximum Gasteiger partial charge on any atom is 0.0927 e. The molecule has 0 aromatic heterocycles. The normalized spacial score (nSPS) is 25.0. The number of aryl methyl sites for hydroxylation is 1. The van der Waals surface area contributed by atoms with Gasteiger partial charge in [0, 0.05) is 10.6 Å². The Bertz CT molecular complexity index is 367. The molecule has 3 heteroatoms. The zero-order chi connectivity index (χ0) is 10.9. The van der Waals surface area contributed by atoms with Gasteiger partial charge in [-0.1, -0.05) is 12.1 Å². The van der Waals surface area contributed by atoms with Crippen LogP contribution >= 0.6 is 11.8 Å². The third kappa shape index (κ3) is 2.05. The van der Waals surface area contributed by atoms with Gasteiger partial charge in [0.1, 0.15) is 0 Å². The van der Waals surface area contributed by atoms with Crippen LogP contribution in [-0.2, 0) is 5.60 Å². The molecule has 1 aromatic carbocycles. The van der Waals surface area contributed by atoms with Crippen molar-refractivity contribution in [1.82, 2.24) is 0 Å². The van der Waals surface area contributed by atoms with Crippen molar-refractivity contribution >= 4 is 11.8 Å². The molecule has 1 aromatic rings. The average molecular weight is 223 g/mol. The summed E-state index contributed by atoms with van der Waals surface area (Å²) >= 11 is 1.83. The lowest BCUT2D eigenvalue weighted by atomic mass is 9.87. The molecule has 15 heavy (non-hydrogen) atoms. The van der Waals surface area contributed by atoms with Gasteiger partial charge < -0.3 is 10.8 Å². The van der Waals surface area contributed by atoms with E-state index in [2.05, 4.69) is 19.1 Å². The van der Waals surface area contributed by atoms with E-state index in [1.54, 1.807) is 0 Å². The van der Waals surface area contributed by atoms with Crippen LogP contribution in [-0.4, -0.2) is 17.4 Å². The van der Waals surface area contributed by atoms with Gasteiger partial charge >= 0.3 is 0 Å². The van der Waals surface area contributed by atoms with Gasteiger partial charge in [-0.25, -0.2) is 0 Å². The second-order valence-electron chi connectivity index (χ2n) is 4.17. The number of hydrogen-bond donors (Lipinski definition) is 2. The molecule has 2 rings (SSSR count). The van der Waals surface area contributed by atoms with Crippen molar-refractivity contribution in [3.05, 3.63) is 29.3 Å². The fraction of sp³-hybridized carbons (Fsp3) is 0.500. The van der Waals surface area contributed by atoms with Crippen LogP contribution in [0.4, 0.5) is 0 Å². The topological polar surface area (TPSA) is 46.2 Å². The SMILES string of the molecule is Cc1ccc2c(c1)SCCC2(O)CCN. The lowest BCUT2D eigenvalue weighted by Crippen LogP contribution is -2.32. The van der Waals surface area contributed by atoms with Crippen LogP contribution in [0.1, 0.15) is 24.0 Å². The van der Waals surface area contributed by atoms with Gasteiger partial charge in [0.05, 0.1) is 5.60 Å². The third-order valence-corrected chi connectivity index (χ3v) is 4.03. The molecule has 1 aliphatic rings. The highest BCUT2D eigenvalue weighted by Crippen LogP contribution is 2.42. The first kappa shape index (κ1) is 11.0. The summed E-state index contributed by atoms with van der Waals surface area (Å²) in [6.45, 7) is 2.62. The highest BCUT2D eigenvalue weighted by Gasteiger charge is 2.33. The minimum Gasteiger partial charge on any atom is -0.385 e. The summed E-state index contributed by atoms with van der Waals surface area (Å²) in [5, 5.41) is 10.5. The van der Waals surface area contributed by atoms with Gasteiger partial charge in [-0.15, -0.1) is 11.8 Å². The molecule has 3 N–H and O–H groups in total. The van der Waals surface area contributed by atoms with Gasteiger partial charge in [0.25, 0.3) is 0 Å². The molecular weight excluding hydrogens is 206 g/mol. The molecule has 0 fully saturated rings. The molecule has 0 amide bonds. The molecule has 1 unspecified atom stereocenters. The van der Waals surface area contributed by atoms with Crippen molar-refractivity contribution in [3.8, 4) is 0 Å². The highest BCUT2D eigenvalue weighted by atomic mass is 32.2. The van der Waals surface area contributed by atoms with Crippen LogP contribution in [0.5, 0.6) is 0 Å². The minimum atomic E-state index is -0.691. The van der Waals surface area contributed by atoms with Crippen molar-refractivity contribution in [2.75, 3.05) is 12.3 Å². The smallest absolute Gasteiger partial charge is 0.0927 e. The molecule has 2 nitrogen and oxygen atoms in total. The van der Waals surface area contributed by atoms with Gasteiger partial charge in [-0.2, -0.15) is 0 Å². The third-order valence-electron chi connectivity index (χ3n) is 2.97. The monoisotopic (exact) mass is 223 g/mol. The Morgan fingerprint density at radius 2 is 2.33 bits per heavy atom. The number of benzene rings is 1. The van der Waals surface area contributed by atoms with E-state index < -0.39 is 5.60 Å². The predicted molar refractivity (Wildman–Crippen MR) is 64.1 cm³/mol. The fourth-order valence-electron chi connectivity index (χ4n) is 2.10. The summed E-state index contributed by atoms with van der Waals surface area (Å²) in [7, 11) is 0. The number of fused-ring (bicyclic) bond motifs is 1. The Kier molecular flexibility index (Phi) is 3.05. The Morgan fingerprint density at radius 1 is 1.53 bits per heavy atom. The summed E-state index contributed by atoms with van der Waals surface area (Å²) in [5.74, 6) is 0.979. The Labute approximate surface area is 94.9 Å². The first-order valence-corrected chi connectivity index (χ1v) is 6.31. The number of hydrogen-bond acceptors (Lipinski definition) is 3. The Balaban J connectivity index is 2.42. The molecule has 82 valence electrons. The van der Waals surface area contributed by atoms with E-state index in [4.69, 9.17) is 5.73 Å². The number of aliphatic hydroxyl groups is 1. The highest BCUT2D eigenvalue weighted by molar-refractivity contribution is 7.99. The molecule has 0 saturated carbocycles. The Morgan fingerprint density at radius 3 is 3.07 bits per heavy atom. The second kappa shape index (κ2) is 4.16. The van der Waals surface area contributed by atoms with E-state index >= 15 is 0 Å². The fourth-order valence-corrected chi connectivity index (χ4v) is 3.44. The van der Waals surface area contributed by atoms with E-state index in [1.807, 2.05) is 17.8 Å². The van der Waals surface area contributed by atoms with Crippen molar-refractivity contribution in [2.24, 2.45) is 5.73 Å². The van der Waals surface area contributed by atoms with Crippen LogP contribution in [0.25, 0.3) is 0 Å². The molecule has 0 spiro atoms.